The molecule has 0 bridgehead atoms. The number of pyridine rings is 1. The Morgan fingerprint density at radius 2 is 1.96 bits per heavy atom. The van der Waals surface area contributed by atoms with E-state index in [9.17, 15) is 13.0 Å². The van der Waals surface area contributed by atoms with Gasteiger partial charge in [-0.1, -0.05) is 12.1 Å². The Morgan fingerprint density at radius 3 is 2.72 bits per heavy atom. The number of hydrogen-bond acceptors (Lipinski definition) is 6. The van der Waals surface area contributed by atoms with Crippen molar-refractivity contribution in [3.63, 3.8) is 0 Å². The van der Waals surface area contributed by atoms with Gasteiger partial charge in [-0.3, -0.25) is 4.55 Å². The van der Waals surface area contributed by atoms with Crippen LogP contribution in [0.25, 0.3) is 22.5 Å². The number of rotatable bonds is 3. The summed E-state index contributed by atoms with van der Waals surface area (Å²) in [5.74, 6) is 1.15. The first-order valence-corrected chi connectivity index (χ1v) is 9.21. The van der Waals surface area contributed by atoms with Crippen LogP contribution in [0, 0.1) is 0 Å². The molecule has 4 rings (SSSR count). The fourth-order valence-corrected chi connectivity index (χ4v) is 3.24. The Balaban J connectivity index is 1.93. The van der Waals surface area contributed by atoms with Crippen LogP contribution in [0.5, 0.6) is 11.5 Å². The molecule has 0 saturated heterocycles. The van der Waals surface area contributed by atoms with E-state index in [4.69, 9.17) is 9.47 Å². The maximum atomic E-state index is 11.5. The normalized spacial score (nSPS) is 13.2. The summed E-state index contributed by atoms with van der Waals surface area (Å²) in [6, 6.07) is 10.4. The lowest BCUT2D eigenvalue weighted by Crippen LogP contribution is -2.11. The van der Waals surface area contributed by atoms with Gasteiger partial charge in [0, 0.05) is 5.56 Å². The van der Waals surface area contributed by atoms with Crippen molar-refractivity contribution in [1.29, 1.82) is 0 Å². The lowest BCUT2D eigenvalue weighted by atomic mass is 10.0. The fourth-order valence-electron chi connectivity index (χ4n) is 2.48. The molecule has 1 aliphatic heterocycles. The zero-order valence-electron chi connectivity index (χ0n) is 12.5. The number of aromatic nitrogens is 3. The number of nitrogens with zero attached hydrogens (tertiary/aromatic N) is 3. The highest BCUT2D eigenvalue weighted by molar-refractivity contribution is 9.10. The van der Waals surface area contributed by atoms with Crippen molar-refractivity contribution in [3.05, 3.63) is 47.2 Å². The van der Waals surface area contributed by atoms with Gasteiger partial charge >= 0.3 is 10.3 Å². The molecule has 1 aromatic carbocycles. The van der Waals surface area contributed by atoms with E-state index < -0.39 is 10.3 Å². The summed E-state index contributed by atoms with van der Waals surface area (Å²) in [4.78, 5) is 4.31. The van der Waals surface area contributed by atoms with Crippen molar-refractivity contribution in [2.24, 2.45) is 0 Å². The van der Waals surface area contributed by atoms with E-state index in [1.54, 1.807) is 36.4 Å². The SMILES string of the molecule is O=S(=O)(O)n1cc(-c2ccc3c(c2)OCO3)c(-c2cccc(Br)n2)n1. The highest BCUT2D eigenvalue weighted by atomic mass is 79.9. The van der Waals surface area contributed by atoms with Gasteiger partial charge in [-0.05, 0) is 45.8 Å². The highest BCUT2D eigenvalue weighted by Gasteiger charge is 2.21. The molecule has 0 atom stereocenters. The molecule has 0 unspecified atom stereocenters. The maximum absolute atomic E-state index is 11.5. The molecule has 0 radical (unpaired) electrons. The summed E-state index contributed by atoms with van der Waals surface area (Å²) < 4.78 is 44.0. The van der Waals surface area contributed by atoms with Crippen LogP contribution in [0.2, 0.25) is 0 Å². The van der Waals surface area contributed by atoms with Crippen molar-refractivity contribution >= 4 is 26.2 Å². The van der Waals surface area contributed by atoms with Crippen molar-refractivity contribution in [2.45, 2.75) is 0 Å². The summed E-state index contributed by atoms with van der Waals surface area (Å²) in [5.41, 5.74) is 1.87. The molecule has 0 amide bonds. The van der Waals surface area contributed by atoms with E-state index in [-0.39, 0.29) is 6.79 Å². The lowest BCUT2D eigenvalue weighted by molar-refractivity contribution is 0.174. The molecule has 0 fully saturated rings. The van der Waals surface area contributed by atoms with Crippen LogP contribution in [0.4, 0.5) is 0 Å². The van der Waals surface area contributed by atoms with Crippen molar-refractivity contribution in [1.82, 2.24) is 14.2 Å². The third-order valence-corrected chi connectivity index (χ3v) is 4.67. The molecular weight excluding hydrogens is 414 g/mol. The minimum absolute atomic E-state index is 0.128. The second-order valence-corrected chi connectivity index (χ2v) is 7.24. The zero-order chi connectivity index (χ0) is 17.6. The van der Waals surface area contributed by atoms with E-state index in [1.165, 1.54) is 6.20 Å². The first-order valence-electron chi connectivity index (χ1n) is 7.02. The van der Waals surface area contributed by atoms with Crippen LogP contribution >= 0.6 is 15.9 Å². The Hall–Kier alpha value is -2.43. The molecule has 1 N–H and O–H groups in total. The van der Waals surface area contributed by atoms with Gasteiger partial charge in [0.15, 0.2) is 11.5 Å². The lowest BCUT2D eigenvalue weighted by Gasteiger charge is -2.04. The molecule has 0 saturated carbocycles. The summed E-state index contributed by atoms with van der Waals surface area (Å²) in [6.07, 6.45) is 1.23. The van der Waals surface area contributed by atoms with Gasteiger partial charge in [-0.2, -0.15) is 13.5 Å². The minimum Gasteiger partial charge on any atom is -0.454 e. The van der Waals surface area contributed by atoms with Crippen molar-refractivity contribution in [2.75, 3.05) is 6.79 Å². The van der Waals surface area contributed by atoms with Crippen LogP contribution < -0.4 is 9.47 Å². The molecule has 3 heterocycles. The Morgan fingerprint density at radius 1 is 1.16 bits per heavy atom. The predicted molar refractivity (Wildman–Crippen MR) is 91.7 cm³/mol. The molecule has 8 nitrogen and oxygen atoms in total. The fraction of sp³-hybridized carbons (Fsp3) is 0.0667. The van der Waals surface area contributed by atoms with Gasteiger partial charge in [0.05, 0.1) is 11.9 Å². The van der Waals surface area contributed by atoms with Gasteiger partial charge in [0.1, 0.15) is 10.3 Å². The van der Waals surface area contributed by atoms with E-state index in [1.807, 2.05) is 0 Å². The molecule has 0 aliphatic carbocycles. The van der Waals surface area contributed by atoms with Crippen LogP contribution in [-0.2, 0) is 10.3 Å². The maximum Gasteiger partial charge on any atom is 0.379 e. The van der Waals surface area contributed by atoms with Gasteiger partial charge in [0.25, 0.3) is 0 Å². The highest BCUT2D eigenvalue weighted by Crippen LogP contribution is 2.38. The van der Waals surface area contributed by atoms with Gasteiger partial charge in [0.2, 0.25) is 6.79 Å². The van der Waals surface area contributed by atoms with Crippen molar-refractivity contribution < 1.29 is 22.4 Å². The van der Waals surface area contributed by atoms with Crippen molar-refractivity contribution in [3.8, 4) is 34.0 Å². The topological polar surface area (TPSA) is 104 Å². The number of hydrogen-bond donors (Lipinski definition) is 1. The van der Waals surface area contributed by atoms with E-state index >= 15 is 0 Å². The second kappa shape index (κ2) is 5.83. The molecule has 128 valence electrons. The minimum atomic E-state index is -4.53. The average Bonchev–Trinajstić information content (AvgIpc) is 3.20. The first-order chi connectivity index (χ1) is 11.9. The molecule has 1 aliphatic rings. The van der Waals surface area contributed by atoms with E-state index in [0.29, 0.717) is 42.7 Å². The molecular formula is C15H10BrN3O5S. The summed E-state index contributed by atoms with van der Waals surface area (Å²) in [7, 11) is -4.53. The largest absolute Gasteiger partial charge is 0.454 e. The molecule has 25 heavy (non-hydrogen) atoms. The Labute approximate surface area is 151 Å². The summed E-state index contributed by atoms with van der Waals surface area (Å²) in [5, 5.41) is 3.99. The van der Waals surface area contributed by atoms with Gasteiger partial charge in [-0.15, -0.1) is 4.09 Å². The number of ether oxygens (including phenoxy) is 2. The Kier molecular flexibility index (Phi) is 3.74. The zero-order valence-corrected chi connectivity index (χ0v) is 14.9. The molecule has 3 aromatic rings. The Bertz CT molecular complexity index is 1080. The molecule has 2 aromatic heterocycles. The standard InChI is InChI=1S/C15H10BrN3O5S/c16-14-3-1-2-11(17-14)15-10(7-19(18-15)25(20,21)22)9-4-5-12-13(6-9)24-8-23-12/h1-7H,8H2,(H,20,21,22). The van der Waals surface area contributed by atoms with Crippen LogP contribution in [-0.4, -0.2) is 33.9 Å². The van der Waals surface area contributed by atoms with Crippen LogP contribution in [0.1, 0.15) is 0 Å². The summed E-state index contributed by atoms with van der Waals surface area (Å²) in [6.45, 7) is 0.128. The second-order valence-electron chi connectivity index (χ2n) is 5.16. The average molecular weight is 424 g/mol. The molecule has 0 spiro atoms. The van der Waals surface area contributed by atoms with Crippen LogP contribution in [0.3, 0.4) is 0 Å². The number of benzene rings is 1. The number of halogens is 1. The van der Waals surface area contributed by atoms with Gasteiger partial charge in [-0.25, -0.2) is 4.98 Å². The third-order valence-electron chi connectivity index (χ3n) is 3.57. The van der Waals surface area contributed by atoms with E-state index in [2.05, 4.69) is 26.0 Å². The smallest absolute Gasteiger partial charge is 0.379 e. The molecule has 10 heteroatoms. The third kappa shape index (κ3) is 2.99. The van der Waals surface area contributed by atoms with Gasteiger partial charge < -0.3 is 9.47 Å². The van der Waals surface area contributed by atoms with Crippen LogP contribution in [0.15, 0.2) is 47.2 Å². The summed E-state index contributed by atoms with van der Waals surface area (Å²) >= 11 is 3.28. The predicted octanol–water partition coefficient (Wildman–Crippen LogP) is 2.75. The first kappa shape index (κ1) is 16.1. The monoisotopic (exact) mass is 423 g/mol. The van der Waals surface area contributed by atoms with E-state index in [0.717, 1.165) is 0 Å². The quantitative estimate of drug-likeness (QED) is 0.509. The number of fused-ring (bicyclic) bond motifs is 1.